The highest BCUT2D eigenvalue weighted by molar-refractivity contribution is 5.39. The number of ether oxygens (including phenoxy) is 1. The van der Waals surface area contributed by atoms with Crippen molar-refractivity contribution < 1.29 is 4.74 Å². The van der Waals surface area contributed by atoms with Crippen LogP contribution in [0.2, 0.25) is 0 Å². The van der Waals surface area contributed by atoms with E-state index in [9.17, 15) is 0 Å². The number of hydrogen-bond donors (Lipinski definition) is 0. The molecule has 18 heavy (non-hydrogen) atoms. The predicted octanol–water partition coefficient (Wildman–Crippen LogP) is 1.74. The Morgan fingerprint density at radius 2 is 2.17 bits per heavy atom. The molecule has 0 bridgehead atoms. The van der Waals surface area contributed by atoms with E-state index in [2.05, 4.69) is 21.8 Å². The van der Waals surface area contributed by atoms with E-state index < -0.39 is 0 Å². The minimum absolute atomic E-state index is 0.0223. The first-order chi connectivity index (χ1) is 8.67. The molecule has 96 valence electrons. The van der Waals surface area contributed by atoms with Crippen LogP contribution >= 0.6 is 0 Å². The minimum atomic E-state index is -0.0223. The van der Waals surface area contributed by atoms with Crippen LogP contribution in [0.25, 0.3) is 0 Å². The van der Waals surface area contributed by atoms with E-state index in [1.54, 1.807) is 6.20 Å². The number of piperidine rings is 1. The highest BCUT2D eigenvalue weighted by atomic mass is 16.5. The van der Waals surface area contributed by atoms with E-state index >= 15 is 0 Å². The molecule has 0 atom stereocenters. The van der Waals surface area contributed by atoms with Gasteiger partial charge in [0.2, 0.25) is 0 Å². The van der Waals surface area contributed by atoms with Crippen molar-refractivity contribution in [2.45, 2.75) is 32.3 Å². The maximum absolute atomic E-state index is 8.82. The molecule has 0 saturated carbocycles. The Morgan fingerprint density at radius 1 is 1.44 bits per heavy atom. The summed E-state index contributed by atoms with van der Waals surface area (Å²) in [4.78, 5) is 10.5. The SMILES string of the molecule is CCOC1(C)CCN(c2cncc(C#N)n2)CC1. The zero-order valence-corrected chi connectivity index (χ0v) is 10.9. The lowest BCUT2D eigenvalue weighted by Crippen LogP contribution is -2.44. The van der Waals surface area contributed by atoms with Gasteiger partial charge in [-0.3, -0.25) is 4.98 Å². The van der Waals surface area contributed by atoms with Gasteiger partial charge in [0, 0.05) is 19.7 Å². The molecular weight excluding hydrogens is 228 g/mol. The number of anilines is 1. The minimum Gasteiger partial charge on any atom is -0.375 e. The van der Waals surface area contributed by atoms with Crippen molar-refractivity contribution in [3.8, 4) is 6.07 Å². The van der Waals surface area contributed by atoms with Gasteiger partial charge in [-0.1, -0.05) is 0 Å². The maximum Gasteiger partial charge on any atom is 0.161 e. The van der Waals surface area contributed by atoms with Crippen molar-refractivity contribution >= 4 is 5.82 Å². The van der Waals surface area contributed by atoms with Crippen LogP contribution in [-0.4, -0.2) is 35.3 Å². The molecule has 1 aliphatic heterocycles. The summed E-state index contributed by atoms with van der Waals surface area (Å²) in [7, 11) is 0. The van der Waals surface area contributed by atoms with Gasteiger partial charge in [0.05, 0.1) is 18.0 Å². The number of hydrogen-bond acceptors (Lipinski definition) is 5. The fourth-order valence-electron chi connectivity index (χ4n) is 2.26. The summed E-state index contributed by atoms with van der Waals surface area (Å²) >= 11 is 0. The molecule has 1 saturated heterocycles. The smallest absolute Gasteiger partial charge is 0.161 e. The van der Waals surface area contributed by atoms with Gasteiger partial charge in [-0.25, -0.2) is 4.98 Å². The quantitative estimate of drug-likeness (QED) is 0.813. The van der Waals surface area contributed by atoms with E-state index in [0.29, 0.717) is 5.69 Å². The van der Waals surface area contributed by atoms with Crippen LogP contribution in [0, 0.1) is 11.3 Å². The molecule has 5 nitrogen and oxygen atoms in total. The van der Waals surface area contributed by atoms with Crippen LogP contribution in [0.3, 0.4) is 0 Å². The summed E-state index contributed by atoms with van der Waals surface area (Å²) in [5.41, 5.74) is 0.344. The van der Waals surface area contributed by atoms with Crippen LogP contribution < -0.4 is 4.90 Å². The third kappa shape index (κ3) is 2.77. The summed E-state index contributed by atoms with van der Waals surface area (Å²) in [5, 5.41) is 8.82. The van der Waals surface area contributed by atoms with Gasteiger partial charge in [-0.2, -0.15) is 5.26 Å². The van der Waals surface area contributed by atoms with Crippen LogP contribution in [0.4, 0.5) is 5.82 Å². The second-order valence-corrected chi connectivity index (χ2v) is 4.74. The summed E-state index contributed by atoms with van der Waals surface area (Å²) < 4.78 is 5.78. The summed E-state index contributed by atoms with van der Waals surface area (Å²) in [5.74, 6) is 0.785. The van der Waals surface area contributed by atoms with Gasteiger partial charge in [0.25, 0.3) is 0 Å². The normalized spacial score (nSPS) is 18.4. The topological polar surface area (TPSA) is 62.0 Å². The molecule has 1 fully saturated rings. The number of rotatable bonds is 3. The summed E-state index contributed by atoms with van der Waals surface area (Å²) in [6, 6.07) is 2.02. The van der Waals surface area contributed by atoms with Gasteiger partial charge >= 0.3 is 0 Å². The van der Waals surface area contributed by atoms with Gasteiger partial charge in [0.15, 0.2) is 5.69 Å². The van der Waals surface area contributed by atoms with Crippen molar-refractivity contribution in [3.63, 3.8) is 0 Å². The van der Waals surface area contributed by atoms with Gasteiger partial charge in [-0.05, 0) is 26.7 Å². The molecule has 0 aromatic carbocycles. The molecule has 1 aliphatic rings. The Bertz CT molecular complexity index is 447. The maximum atomic E-state index is 8.82. The first-order valence-corrected chi connectivity index (χ1v) is 6.28. The number of aromatic nitrogens is 2. The van der Waals surface area contributed by atoms with Crippen LogP contribution in [0.15, 0.2) is 12.4 Å². The number of nitrogens with zero attached hydrogens (tertiary/aromatic N) is 4. The fourth-order valence-corrected chi connectivity index (χ4v) is 2.26. The average molecular weight is 246 g/mol. The van der Waals surface area contributed by atoms with Gasteiger partial charge in [0.1, 0.15) is 11.9 Å². The Balaban J connectivity index is 2.03. The van der Waals surface area contributed by atoms with Crippen LogP contribution in [-0.2, 0) is 4.74 Å². The van der Waals surface area contributed by atoms with Crippen molar-refractivity contribution in [2.24, 2.45) is 0 Å². The van der Waals surface area contributed by atoms with E-state index in [4.69, 9.17) is 10.00 Å². The highest BCUT2D eigenvalue weighted by Crippen LogP contribution is 2.27. The molecule has 0 radical (unpaired) electrons. The third-order valence-corrected chi connectivity index (χ3v) is 3.37. The highest BCUT2D eigenvalue weighted by Gasteiger charge is 2.30. The second kappa shape index (κ2) is 5.32. The lowest BCUT2D eigenvalue weighted by molar-refractivity contribution is -0.0414. The van der Waals surface area contributed by atoms with E-state index in [0.717, 1.165) is 38.4 Å². The van der Waals surface area contributed by atoms with E-state index in [-0.39, 0.29) is 5.60 Å². The number of nitriles is 1. The largest absolute Gasteiger partial charge is 0.375 e. The predicted molar refractivity (Wildman–Crippen MR) is 68.2 cm³/mol. The van der Waals surface area contributed by atoms with Gasteiger partial charge < -0.3 is 9.64 Å². The summed E-state index contributed by atoms with van der Waals surface area (Å²) in [6.45, 7) is 6.71. The standard InChI is InChI=1S/C13H18N4O/c1-3-18-13(2)4-6-17(7-5-13)12-10-15-9-11(8-14)16-12/h9-10H,3-7H2,1-2H3. The van der Waals surface area contributed by atoms with Crippen molar-refractivity contribution in [1.29, 1.82) is 5.26 Å². The molecule has 0 aliphatic carbocycles. The molecule has 0 amide bonds. The fraction of sp³-hybridized carbons (Fsp3) is 0.615. The molecule has 1 aromatic heterocycles. The summed E-state index contributed by atoms with van der Waals surface area (Å²) in [6.07, 6.45) is 5.14. The first-order valence-electron chi connectivity index (χ1n) is 6.28. The third-order valence-electron chi connectivity index (χ3n) is 3.37. The molecule has 1 aromatic rings. The lowest BCUT2D eigenvalue weighted by Gasteiger charge is -2.39. The van der Waals surface area contributed by atoms with Gasteiger partial charge in [-0.15, -0.1) is 0 Å². The molecule has 5 heteroatoms. The Labute approximate surface area is 107 Å². The second-order valence-electron chi connectivity index (χ2n) is 4.74. The van der Waals surface area contributed by atoms with Crippen LogP contribution in [0.1, 0.15) is 32.4 Å². The first kappa shape index (κ1) is 12.8. The molecule has 0 spiro atoms. The van der Waals surface area contributed by atoms with E-state index in [1.807, 2.05) is 13.0 Å². The molecule has 0 N–H and O–H groups in total. The Morgan fingerprint density at radius 3 is 2.78 bits per heavy atom. The Kier molecular flexibility index (Phi) is 3.78. The zero-order chi connectivity index (χ0) is 13.0. The average Bonchev–Trinajstić information content (AvgIpc) is 2.40. The molecule has 2 rings (SSSR count). The molecule has 0 unspecified atom stereocenters. The lowest BCUT2D eigenvalue weighted by atomic mass is 9.93. The zero-order valence-electron chi connectivity index (χ0n) is 10.9. The Hall–Kier alpha value is -1.67. The molecular formula is C13H18N4O. The van der Waals surface area contributed by atoms with Crippen molar-refractivity contribution in [2.75, 3.05) is 24.6 Å². The van der Waals surface area contributed by atoms with Crippen molar-refractivity contribution in [3.05, 3.63) is 18.1 Å². The monoisotopic (exact) mass is 246 g/mol. The van der Waals surface area contributed by atoms with E-state index in [1.165, 1.54) is 6.20 Å². The van der Waals surface area contributed by atoms with Crippen molar-refractivity contribution in [1.82, 2.24) is 9.97 Å². The van der Waals surface area contributed by atoms with Crippen LogP contribution in [0.5, 0.6) is 0 Å². The molecule has 2 heterocycles.